The maximum atomic E-state index is 10.3. The van der Waals surface area contributed by atoms with E-state index in [0.29, 0.717) is 0 Å². The SMILES string of the molecule is NC(=O)/C=C/NC1O[C@H](CO)[C@@H](O)[C@@H]1O. The van der Waals surface area contributed by atoms with Gasteiger partial charge in [0.1, 0.15) is 18.3 Å². The van der Waals surface area contributed by atoms with Gasteiger partial charge in [0.25, 0.3) is 0 Å². The van der Waals surface area contributed by atoms with Gasteiger partial charge in [-0.3, -0.25) is 4.79 Å². The monoisotopic (exact) mass is 218 g/mol. The van der Waals surface area contributed by atoms with Gasteiger partial charge in [0, 0.05) is 12.3 Å². The van der Waals surface area contributed by atoms with Crippen LogP contribution >= 0.6 is 0 Å². The minimum atomic E-state index is -1.17. The highest BCUT2D eigenvalue weighted by Gasteiger charge is 2.41. The summed E-state index contributed by atoms with van der Waals surface area (Å²) in [5.41, 5.74) is 4.83. The number of hydrogen-bond acceptors (Lipinski definition) is 6. The lowest BCUT2D eigenvalue weighted by molar-refractivity contribution is -0.113. The molecule has 0 bridgehead atoms. The van der Waals surface area contributed by atoms with Crippen LogP contribution in [-0.2, 0) is 9.53 Å². The van der Waals surface area contributed by atoms with Crippen molar-refractivity contribution in [2.24, 2.45) is 5.73 Å². The van der Waals surface area contributed by atoms with E-state index in [4.69, 9.17) is 15.6 Å². The van der Waals surface area contributed by atoms with Gasteiger partial charge in [-0.25, -0.2) is 0 Å². The van der Waals surface area contributed by atoms with Crippen molar-refractivity contribution < 1.29 is 24.9 Å². The molecule has 1 saturated heterocycles. The lowest BCUT2D eigenvalue weighted by atomic mass is 10.1. The van der Waals surface area contributed by atoms with Crippen LogP contribution in [0.4, 0.5) is 0 Å². The topological polar surface area (TPSA) is 125 Å². The molecule has 6 N–H and O–H groups in total. The average Bonchev–Trinajstić information content (AvgIpc) is 2.45. The molecule has 0 spiro atoms. The van der Waals surface area contributed by atoms with Crippen LogP contribution in [0.2, 0.25) is 0 Å². The first-order valence-electron chi connectivity index (χ1n) is 4.40. The molecule has 1 aliphatic heterocycles. The minimum Gasteiger partial charge on any atom is -0.394 e. The Balaban J connectivity index is 2.47. The molecule has 0 aromatic heterocycles. The third-order valence-corrected chi connectivity index (χ3v) is 2.05. The molecular formula is C8H14N2O5. The van der Waals surface area contributed by atoms with E-state index in [2.05, 4.69) is 5.32 Å². The molecule has 0 saturated carbocycles. The quantitative estimate of drug-likeness (QED) is 0.320. The zero-order valence-electron chi connectivity index (χ0n) is 7.91. The van der Waals surface area contributed by atoms with Gasteiger partial charge >= 0.3 is 0 Å². The molecule has 7 nitrogen and oxygen atoms in total. The first-order valence-corrected chi connectivity index (χ1v) is 4.40. The fourth-order valence-corrected chi connectivity index (χ4v) is 1.26. The Morgan fingerprint density at radius 2 is 2.13 bits per heavy atom. The van der Waals surface area contributed by atoms with Gasteiger partial charge in [0.15, 0.2) is 6.23 Å². The summed E-state index contributed by atoms with van der Waals surface area (Å²) in [6.45, 7) is -0.393. The second-order valence-corrected chi connectivity index (χ2v) is 3.16. The van der Waals surface area contributed by atoms with E-state index in [9.17, 15) is 15.0 Å². The zero-order chi connectivity index (χ0) is 11.4. The van der Waals surface area contributed by atoms with E-state index >= 15 is 0 Å². The second kappa shape index (κ2) is 5.08. The van der Waals surface area contributed by atoms with Crippen molar-refractivity contribution in [1.82, 2.24) is 5.32 Å². The zero-order valence-corrected chi connectivity index (χ0v) is 7.91. The van der Waals surface area contributed by atoms with E-state index in [1.807, 2.05) is 0 Å². The van der Waals surface area contributed by atoms with Crippen molar-refractivity contribution in [3.63, 3.8) is 0 Å². The number of carbonyl (C=O) groups excluding carboxylic acids is 1. The molecule has 1 aliphatic rings. The molecule has 0 aliphatic carbocycles. The highest BCUT2D eigenvalue weighted by molar-refractivity contribution is 5.85. The summed E-state index contributed by atoms with van der Waals surface area (Å²) in [5.74, 6) is -0.644. The van der Waals surface area contributed by atoms with E-state index in [1.165, 1.54) is 6.20 Å². The molecule has 15 heavy (non-hydrogen) atoms. The molecular weight excluding hydrogens is 204 g/mol. The number of aliphatic hydroxyl groups is 3. The Morgan fingerprint density at radius 3 is 2.60 bits per heavy atom. The Bertz CT molecular complexity index is 257. The van der Waals surface area contributed by atoms with Crippen molar-refractivity contribution in [1.29, 1.82) is 0 Å². The predicted octanol–water partition coefficient (Wildman–Crippen LogP) is -2.99. The molecule has 7 heteroatoms. The third kappa shape index (κ3) is 2.90. The number of rotatable bonds is 4. The van der Waals surface area contributed by atoms with Crippen molar-refractivity contribution in [3.8, 4) is 0 Å². The van der Waals surface area contributed by atoms with Gasteiger partial charge in [-0.15, -0.1) is 0 Å². The highest BCUT2D eigenvalue weighted by atomic mass is 16.6. The standard InChI is InChI=1S/C8H14N2O5/c9-5(12)1-2-10-8-7(14)6(13)4(3-11)15-8/h1-2,4,6-8,10-11,13-14H,3H2,(H2,9,12)/b2-1+/t4-,6-,7+,8?/m1/s1. The van der Waals surface area contributed by atoms with Crippen LogP contribution in [0.5, 0.6) is 0 Å². The molecule has 1 rings (SSSR count). The fourth-order valence-electron chi connectivity index (χ4n) is 1.26. The van der Waals surface area contributed by atoms with Gasteiger partial charge < -0.3 is 31.1 Å². The molecule has 0 radical (unpaired) electrons. The van der Waals surface area contributed by atoms with Crippen LogP contribution in [0.1, 0.15) is 0 Å². The van der Waals surface area contributed by atoms with Crippen LogP contribution in [0.3, 0.4) is 0 Å². The number of nitrogens with two attached hydrogens (primary N) is 1. The molecule has 86 valence electrons. The van der Waals surface area contributed by atoms with E-state index in [1.54, 1.807) is 0 Å². The van der Waals surface area contributed by atoms with Crippen molar-refractivity contribution >= 4 is 5.91 Å². The van der Waals surface area contributed by atoms with Gasteiger partial charge in [-0.05, 0) is 0 Å². The van der Waals surface area contributed by atoms with Gasteiger partial charge in [-0.1, -0.05) is 0 Å². The summed E-state index contributed by atoms with van der Waals surface area (Å²) < 4.78 is 5.05. The predicted molar refractivity (Wildman–Crippen MR) is 49.2 cm³/mol. The number of amides is 1. The van der Waals surface area contributed by atoms with Gasteiger partial charge in [0.05, 0.1) is 6.61 Å². The summed E-state index contributed by atoms with van der Waals surface area (Å²) in [6, 6.07) is 0. The highest BCUT2D eigenvalue weighted by Crippen LogP contribution is 2.18. The molecule has 1 fully saturated rings. The summed E-state index contributed by atoms with van der Waals surface area (Å²) in [4.78, 5) is 10.3. The average molecular weight is 218 g/mol. The number of ether oxygens (including phenoxy) is 1. The maximum Gasteiger partial charge on any atom is 0.242 e. The number of carbonyl (C=O) groups is 1. The van der Waals surface area contributed by atoms with E-state index < -0.39 is 37.1 Å². The molecule has 1 heterocycles. The smallest absolute Gasteiger partial charge is 0.242 e. The van der Waals surface area contributed by atoms with Gasteiger partial charge in [-0.2, -0.15) is 0 Å². The lowest BCUT2D eigenvalue weighted by Gasteiger charge is -2.14. The van der Waals surface area contributed by atoms with Crippen LogP contribution in [-0.4, -0.2) is 52.4 Å². The first kappa shape index (κ1) is 11.9. The second-order valence-electron chi connectivity index (χ2n) is 3.16. The number of aliphatic hydroxyl groups excluding tert-OH is 3. The first-order chi connectivity index (χ1) is 7.06. The molecule has 0 aromatic rings. The summed E-state index contributed by atoms with van der Waals surface area (Å²) in [5, 5.41) is 30.1. The van der Waals surface area contributed by atoms with Crippen molar-refractivity contribution in [2.45, 2.75) is 24.5 Å². The lowest BCUT2D eigenvalue weighted by Crippen LogP contribution is -2.38. The molecule has 1 amide bonds. The van der Waals surface area contributed by atoms with Crippen LogP contribution in [0, 0.1) is 0 Å². The summed E-state index contributed by atoms with van der Waals surface area (Å²) in [7, 11) is 0. The van der Waals surface area contributed by atoms with Crippen LogP contribution < -0.4 is 11.1 Å². The third-order valence-electron chi connectivity index (χ3n) is 2.05. The Labute approximate surface area is 86.1 Å². The fraction of sp³-hybridized carbons (Fsp3) is 0.625. The number of nitrogens with one attached hydrogen (secondary N) is 1. The number of primary amides is 1. The Hall–Kier alpha value is -1.15. The molecule has 0 aromatic carbocycles. The van der Waals surface area contributed by atoms with Crippen molar-refractivity contribution in [2.75, 3.05) is 6.61 Å². The minimum absolute atomic E-state index is 0.393. The molecule has 1 unspecified atom stereocenters. The Kier molecular flexibility index (Phi) is 4.04. The van der Waals surface area contributed by atoms with Crippen molar-refractivity contribution in [3.05, 3.63) is 12.3 Å². The summed E-state index contributed by atoms with van der Waals surface area (Å²) >= 11 is 0. The van der Waals surface area contributed by atoms with Gasteiger partial charge in [0.2, 0.25) is 5.91 Å². The summed E-state index contributed by atoms with van der Waals surface area (Å²) in [6.07, 6.45) is -1.77. The molecule has 4 atom stereocenters. The normalized spacial score (nSPS) is 35.9. The largest absolute Gasteiger partial charge is 0.394 e. The Morgan fingerprint density at radius 1 is 1.47 bits per heavy atom. The van der Waals surface area contributed by atoms with E-state index in [-0.39, 0.29) is 0 Å². The van der Waals surface area contributed by atoms with E-state index in [0.717, 1.165) is 6.08 Å². The number of hydrogen-bond donors (Lipinski definition) is 5. The van der Waals surface area contributed by atoms with Crippen LogP contribution in [0.15, 0.2) is 12.3 Å². The maximum absolute atomic E-state index is 10.3. The van der Waals surface area contributed by atoms with Crippen LogP contribution in [0.25, 0.3) is 0 Å².